The number of aromatic nitrogens is 1. The Hall–Kier alpha value is -1.08. The highest BCUT2D eigenvalue weighted by molar-refractivity contribution is 6.31. The van der Waals surface area contributed by atoms with Crippen molar-refractivity contribution >= 4 is 22.5 Å². The zero-order chi connectivity index (χ0) is 11.0. The second-order valence-corrected chi connectivity index (χ2v) is 4.62. The van der Waals surface area contributed by atoms with Crippen molar-refractivity contribution in [1.82, 2.24) is 4.98 Å². The number of pyridine rings is 1. The molecule has 1 aromatic heterocycles. The molecule has 0 fully saturated rings. The highest BCUT2D eigenvalue weighted by atomic mass is 35.5. The van der Waals surface area contributed by atoms with Crippen molar-refractivity contribution in [2.75, 3.05) is 0 Å². The third-order valence-electron chi connectivity index (χ3n) is 2.59. The van der Waals surface area contributed by atoms with Crippen LogP contribution in [0.15, 0.2) is 24.3 Å². The first-order chi connectivity index (χ1) is 7.08. The summed E-state index contributed by atoms with van der Waals surface area (Å²) >= 11 is 5.97. The molecule has 0 saturated heterocycles. The molecule has 78 valence electrons. The summed E-state index contributed by atoms with van der Waals surface area (Å²) < 4.78 is 0. The van der Waals surface area contributed by atoms with Gasteiger partial charge in [0, 0.05) is 16.1 Å². The van der Waals surface area contributed by atoms with Gasteiger partial charge in [-0.2, -0.15) is 0 Å². The van der Waals surface area contributed by atoms with Gasteiger partial charge in [-0.15, -0.1) is 0 Å². The van der Waals surface area contributed by atoms with Crippen molar-refractivity contribution in [3.05, 3.63) is 40.5 Å². The van der Waals surface area contributed by atoms with Gasteiger partial charge in [0.1, 0.15) is 0 Å². The van der Waals surface area contributed by atoms with Gasteiger partial charge < -0.3 is 0 Å². The molecule has 15 heavy (non-hydrogen) atoms. The van der Waals surface area contributed by atoms with E-state index in [1.54, 1.807) is 0 Å². The van der Waals surface area contributed by atoms with Crippen LogP contribution in [0.5, 0.6) is 0 Å². The van der Waals surface area contributed by atoms with E-state index in [9.17, 15) is 0 Å². The lowest BCUT2D eigenvalue weighted by molar-refractivity contribution is 0.828. The zero-order valence-electron chi connectivity index (χ0n) is 9.21. The average molecular weight is 220 g/mol. The van der Waals surface area contributed by atoms with E-state index >= 15 is 0 Å². The summed E-state index contributed by atoms with van der Waals surface area (Å²) in [6.45, 7) is 6.42. The number of nitrogens with zero attached hydrogens (tertiary/aromatic N) is 1. The Bertz CT molecular complexity index is 503. The molecule has 0 saturated carbocycles. The summed E-state index contributed by atoms with van der Waals surface area (Å²) in [5, 5.41) is 1.91. The van der Waals surface area contributed by atoms with Crippen molar-refractivity contribution in [2.45, 2.75) is 26.7 Å². The molecule has 0 amide bonds. The fourth-order valence-corrected chi connectivity index (χ4v) is 1.86. The fourth-order valence-electron chi connectivity index (χ4n) is 1.69. The highest BCUT2D eigenvalue weighted by Gasteiger charge is 2.05. The SMILES string of the molecule is Cc1cc(C(C)C)nc2ccc(Cl)cc12. The first kappa shape index (κ1) is 10.4. The normalized spacial score (nSPS) is 11.3. The number of aryl methyl sites for hydroxylation is 1. The smallest absolute Gasteiger partial charge is 0.0709 e. The Balaban J connectivity index is 2.73. The first-order valence-corrected chi connectivity index (χ1v) is 5.52. The summed E-state index contributed by atoms with van der Waals surface area (Å²) in [4.78, 5) is 4.62. The maximum absolute atomic E-state index is 5.97. The molecule has 0 spiro atoms. The standard InChI is InChI=1S/C13H14ClN/c1-8(2)13-6-9(3)11-7-10(14)4-5-12(11)15-13/h4-8H,1-3H3. The Morgan fingerprint density at radius 1 is 1.20 bits per heavy atom. The van der Waals surface area contributed by atoms with Gasteiger partial charge in [0.2, 0.25) is 0 Å². The molecule has 1 nitrogen and oxygen atoms in total. The van der Waals surface area contributed by atoms with Gasteiger partial charge in [0.15, 0.2) is 0 Å². The largest absolute Gasteiger partial charge is 0.253 e. The molecule has 0 N–H and O–H groups in total. The van der Waals surface area contributed by atoms with Crippen molar-refractivity contribution < 1.29 is 0 Å². The molecule has 0 aliphatic heterocycles. The Morgan fingerprint density at radius 3 is 2.60 bits per heavy atom. The summed E-state index contributed by atoms with van der Waals surface area (Å²) in [5.41, 5.74) is 3.41. The molecule has 2 rings (SSSR count). The average Bonchev–Trinajstić information content (AvgIpc) is 2.18. The van der Waals surface area contributed by atoms with E-state index in [1.807, 2.05) is 18.2 Å². The number of hydrogen-bond acceptors (Lipinski definition) is 1. The number of fused-ring (bicyclic) bond motifs is 1. The molecule has 2 heteroatoms. The van der Waals surface area contributed by atoms with E-state index in [-0.39, 0.29) is 0 Å². The van der Waals surface area contributed by atoms with Gasteiger partial charge in [-0.3, -0.25) is 4.98 Å². The molecule has 0 bridgehead atoms. The van der Waals surface area contributed by atoms with Crippen LogP contribution in [-0.2, 0) is 0 Å². The van der Waals surface area contributed by atoms with E-state index in [4.69, 9.17) is 11.6 Å². The van der Waals surface area contributed by atoms with Crippen molar-refractivity contribution in [3.8, 4) is 0 Å². The second kappa shape index (κ2) is 3.82. The molecule has 0 unspecified atom stereocenters. The van der Waals surface area contributed by atoms with E-state index in [0.717, 1.165) is 21.6 Å². The van der Waals surface area contributed by atoms with Crippen LogP contribution in [0.4, 0.5) is 0 Å². The van der Waals surface area contributed by atoms with Gasteiger partial charge in [0.25, 0.3) is 0 Å². The van der Waals surface area contributed by atoms with Gasteiger partial charge in [-0.05, 0) is 42.7 Å². The molecule has 1 heterocycles. The summed E-state index contributed by atoms with van der Waals surface area (Å²) in [6, 6.07) is 7.99. The van der Waals surface area contributed by atoms with Crippen LogP contribution in [0.25, 0.3) is 10.9 Å². The topological polar surface area (TPSA) is 12.9 Å². The second-order valence-electron chi connectivity index (χ2n) is 4.18. The molecule has 0 atom stereocenters. The lowest BCUT2D eigenvalue weighted by Gasteiger charge is -2.09. The van der Waals surface area contributed by atoms with Crippen LogP contribution in [-0.4, -0.2) is 4.98 Å². The van der Waals surface area contributed by atoms with E-state index < -0.39 is 0 Å². The lowest BCUT2D eigenvalue weighted by atomic mass is 10.0. The van der Waals surface area contributed by atoms with Crippen LogP contribution in [0.2, 0.25) is 5.02 Å². The van der Waals surface area contributed by atoms with Crippen molar-refractivity contribution in [2.24, 2.45) is 0 Å². The molecule has 0 aliphatic rings. The quantitative estimate of drug-likeness (QED) is 0.696. The maximum atomic E-state index is 5.97. The minimum Gasteiger partial charge on any atom is -0.253 e. The number of halogens is 1. The molecule has 1 aromatic carbocycles. The minimum absolute atomic E-state index is 0.462. The van der Waals surface area contributed by atoms with Crippen LogP contribution < -0.4 is 0 Å². The predicted molar refractivity (Wildman–Crippen MR) is 65.6 cm³/mol. The lowest BCUT2D eigenvalue weighted by Crippen LogP contribution is -1.94. The van der Waals surface area contributed by atoms with E-state index in [1.165, 1.54) is 5.56 Å². The Morgan fingerprint density at radius 2 is 1.93 bits per heavy atom. The van der Waals surface area contributed by atoms with Gasteiger partial charge in [0.05, 0.1) is 5.52 Å². The van der Waals surface area contributed by atoms with Crippen LogP contribution >= 0.6 is 11.6 Å². The summed E-state index contributed by atoms with van der Waals surface area (Å²) in [6.07, 6.45) is 0. The molecule has 2 aromatic rings. The number of hydrogen-bond donors (Lipinski definition) is 0. The fraction of sp³-hybridized carbons (Fsp3) is 0.308. The predicted octanol–water partition coefficient (Wildman–Crippen LogP) is 4.32. The van der Waals surface area contributed by atoms with Gasteiger partial charge >= 0.3 is 0 Å². The minimum atomic E-state index is 0.462. The van der Waals surface area contributed by atoms with Crippen LogP contribution in [0, 0.1) is 6.92 Å². The van der Waals surface area contributed by atoms with Crippen molar-refractivity contribution in [1.29, 1.82) is 0 Å². The van der Waals surface area contributed by atoms with E-state index in [0.29, 0.717) is 5.92 Å². The first-order valence-electron chi connectivity index (χ1n) is 5.14. The third kappa shape index (κ3) is 1.98. The zero-order valence-corrected chi connectivity index (χ0v) is 9.97. The van der Waals surface area contributed by atoms with Gasteiger partial charge in [-0.1, -0.05) is 25.4 Å². The van der Waals surface area contributed by atoms with Crippen molar-refractivity contribution in [3.63, 3.8) is 0 Å². The molecular weight excluding hydrogens is 206 g/mol. The summed E-state index contributed by atoms with van der Waals surface area (Å²) in [7, 11) is 0. The monoisotopic (exact) mass is 219 g/mol. The number of rotatable bonds is 1. The Kier molecular flexibility index (Phi) is 2.66. The molecular formula is C13H14ClN. The Labute approximate surface area is 95.1 Å². The summed E-state index contributed by atoms with van der Waals surface area (Å²) in [5.74, 6) is 0.462. The maximum Gasteiger partial charge on any atom is 0.0709 e. The van der Waals surface area contributed by atoms with Crippen LogP contribution in [0.3, 0.4) is 0 Å². The molecule has 0 aliphatic carbocycles. The number of benzene rings is 1. The van der Waals surface area contributed by atoms with E-state index in [2.05, 4.69) is 31.8 Å². The van der Waals surface area contributed by atoms with Gasteiger partial charge in [-0.25, -0.2) is 0 Å². The highest BCUT2D eigenvalue weighted by Crippen LogP contribution is 2.24. The third-order valence-corrected chi connectivity index (χ3v) is 2.82. The molecule has 0 radical (unpaired) electrons. The van der Waals surface area contributed by atoms with Crippen LogP contribution in [0.1, 0.15) is 31.0 Å².